The number of aliphatic carboxylic acids is 1. The Bertz CT molecular complexity index is 231. The quantitative estimate of drug-likeness (QED) is 0.753. The molecule has 0 aromatic rings. The number of carboxylic acids is 1. The first kappa shape index (κ1) is 10.2. The van der Waals surface area contributed by atoms with E-state index >= 15 is 0 Å². The van der Waals surface area contributed by atoms with Crippen molar-refractivity contribution in [3.8, 4) is 0 Å². The normalized spacial score (nSPS) is 28.7. The molecule has 6 heteroatoms. The van der Waals surface area contributed by atoms with Gasteiger partial charge >= 0.3 is 5.97 Å². The Kier molecular flexibility index (Phi) is 3.29. The molecular formula is C6H6Cl2O3S. The van der Waals surface area contributed by atoms with Crippen LogP contribution in [0, 0.1) is 0 Å². The van der Waals surface area contributed by atoms with Gasteiger partial charge in [-0.1, -0.05) is 35.0 Å². The molecule has 3 nitrogen and oxygen atoms in total. The summed E-state index contributed by atoms with van der Waals surface area (Å²) in [6.07, 6.45) is 0.341. The Labute approximate surface area is 83.7 Å². The van der Waals surface area contributed by atoms with Crippen LogP contribution in [0.1, 0.15) is 6.42 Å². The number of alkyl halides is 1. The van der Waals surface area contributed by atoms with Crippen molar-refractivity contribution in [2.24, 2.45) is 0 Å². The highest BCUT2D eigenvalue weighted by Crippen LogP contribution is 2.45. The predicted molar refractivity (Wildman–Crippen MR) is 48.3 cm³/mol. The molecule has 0 spiro atoms. The third-order valence-corrected chi connectivity index (χ3v) is 3.05. The van der Waals surface area contributed by atoms with Gasteiger partial charge in [-0.3, -0.25) is 0 Å². The Morgan fingerprint density at radius 3 is 3.00 bits per heavy atom. The van der Waals surface area contributed by atoms with Crippen molar-refractivity contribution in [3.63, 3.8) is 0 Å². The Morgan fingerprint density at radius 2 is 2.58 bits per heavy atom. The Balaban J connectivity index is 2.38. The zero-order chi connectivity index (χ0) is 9.19. The number of ether oxygens (including phenoxy) is 1. The molecule has 0 aromatic carbocycles. The van der Waals surface area contributed by atoms with Crippen LogP contribution in [-0.2, 0) is 9.53 Å². The SMILES string of the molecule is O=C(O)COC1(Cl)CC(Cl)=CS1. The fourth-order valence-corrected chi connectivity index (χ4v) is 2.25. The van der Waals surface area contributed by atoms with Crippen LogP contribution in [0.3, 0.4) is 0 Å². The number of hydrogen-bond acceptors (Lipinski definition) is 3. The minimum atomic E-state index is -1.04. The third kappa shape index (κ3) is 2.86. The summed E-state index contributed by atoms with van der Waals surface area (Å²) in [6.45, 7) is -0.408. The molecule has 0 aliphatic carbocycles. The lowest BCUT2D eigenvalue weighted by Crippen LogP contribution is -2.22. The number of hydrogen-bond donors (Lipinski definition) is 1. The van der Waals surface area contributed by atoms with Gasteiger partial charge < -0.3 is 9.84 Å². The lowest BCUT2D eigenvalue weighted by Gasteiger charge is -2.18. The van der Waals surface area contributed by atoms with E-state index < -0.39 is 17.0 Å². The van der Waals surface area contributed by atoms with Gasteiger partial charge in [0.2, 0.25) is 0 Å². The highest BCUT2D eigenvalue weighted by Gasteiger charge is 2.34. The second kappa shape index (κ2) is 3.87. The molecule has 12 heavy (non-hydrogen) atoms. The maximum atomic E-state index is 10.1. The van der Waals surface area contributed by atoms with Crippen molar-refractivity contribution in [1.29, 1.82) is 0 Å². The van der Waals surface area contributed by atoms with Crippen molar-refractivity contribution in [2.45, 2.75) is 10.8 Å². The van der Waals surface area contributed by atoms with Crippen molar-refractivity contribution in [1.82, 2.24) is 0 Å². The van der Waals surface area contributed by atoms with E-state index in [4.69, 9.17) is 33.0 Å². The molecule has 1 heterocycles. The fraction of sp³-hybridized carbons (Fsp3) is 0.500. The summed E-state index contributed by atoms with van der Waals surface area (Å²) in [4.78, 5) is 10.1. The average molecular weight is 229 g/mol. The first-order valence-corrected chi connectivity index (χ1v) is 4.72. The maximum Gasteiger partial charge on any atom is 0.329 e. The molecule has 1 aliphatic rings. The number of carbonyl (C=O) groups is 1. The number of thioether (sulfide) groups is 1. The van der Waals surface area contributed by atoms with E-state index in [2.05, 4.69) is 0 Å². The molecule has 0 amide bonds. The number of rotatable bonds is 3. The van der Waals surface area contributed by atoms with Crippen LogP contribution < -0.4 is 0 Å². The predicted octanol–water partition coefficient (Wildman–Crippen LogP) is 2.20. The van der Waals surface area contributed by atoms with E-state index in [1.807, 2.05) is 0 Å². The average Bonchev–Trinajstić information content (AvgIpc) is 2.29. The molecule has 0 radical (unpaired) electrons. The maximum absolute atomic E-state index is 10.1. The van der Waals surface area contributed by atoms with Gasteiger partial charge in [0.1, 0.15) is 6.61 Å². The molecule has 1 N–H and O–H groups in total. The molecule has 0 aromatic heterocycles. The summed E-state index contributed by atoms with van der Waals surface area (Å²) in [7, 11) is 0. The molecule has 0 saturated carbocycles. The van der Waals surface area contributed by atoms with Crippen LogP contribution in [-0.4, -0.2) is 22.1 Å². The molecular weight excluding hydrogens is 223 g/mol. The standard InChI is InChI=1S/C6H6Cl2O3S/c7-4-1-6(8,12-3-4)11-2-5(9)10/h3H,1-2H2,(H,9,10). The molecule has 0 saturated heterocycles. The third-order valence-electron chi connectivity index (χ3n) is 1.15. The largest absolute Gasteiger partial charge is 0.480 e. The first-order chi connectivity index (χ1) is 5.52. The highest BCUT2D eigenvalue weighted by molar-refractivity contribution is 8.04. The fourth-order valence-electron chi connectivity index (χ4n) is 0.692. The van der Waals surface area contributed by atoms with Crippen molar-refractivity contribution >= 4 is 40.9 Å². The van der Waals surface area contributed by atoms with E-state index in [9.17, 15) is 4.79 Å². The molecule has 0 bridgehead atoms. The summed E-state index contributed by atoms with van der Waals surface area (Å²) in [5, 5.41) is 10.5. The summed E-state index contributed by atoms with van der Waals surface area (Å²) in [5.41, 5.74) is 0. The second-order valence-corrected chi connectivity index (χ2v) is 4.65. The molecule has 1 unspecified atom stereocenters. The minimum Gasteiger partial charge on any atom is -0.480 e. The Hall–Kier alpha value is 0.1000. The van der Waals surface area contributed by atoms with Gasteiger partial charge in [-0.05, 0) is 5.41 Å². The van der Waals surface area contributed by atoms with Gasteiger partial charge in [0.05, 0.1) is 0 Å². The lowest BCUT2D eigenvalue weighted by atomic mass is 10.4. The summed E-state index contributed by atoms with van der Waals surface area (Å²) >= 11 is 12.7. The van der Waals surface area contributed by atoms with E-state index in [1.165, 1.54) is 11.8 Å². The molecule has 1 rings (SSSR count). The highest BCUT2D eigenvalue weighted by atomic mass is 35.5. The first-order valence-electron chi connectivity index (χ1n) is 3.09. The summed E-state index contributed by atoms with van der Waals surface area (Å²) in [6, 6.07) is 0. The summed E-state index contributed by atoms with van der Waals surface area (Å²) in [5.74, 6) is -1.04. The molecule has 1 aliphatic heterocycles. The van der Waals surface area contributed by atoms with E-state index in [-0.39, 0.29) is 0 Å². The smallest absolute Gasteiger partial charge is 0.329 e. The topological polar surface area (TPSA) is 46.5 Å². The van der Waals surface area contributed by atoms with E-state index in [0.717, 1.165) is 0 Å². The monoisotopic (exact) mass is 228 g/mol. The molecule has 68 valence electrons. The van der Waals surface area contributed by atoms with Crippen LogP contribution in [0.25, 0.3) is 0 Å². The van der Waals surface area contributed by atoms with Crippen LogP contribution in [0.4, 0.5) is 0 Å². The molecule has 1 atom stereocenters. The van der Waals surface area contributed by atoms with E-state index in [1.54, 1.807) is 5.41 Å². The Morgan fingerprint density at radius 1 is 1.92 bits per heavy atom. The van der Waals surface area contributed by atoms with Crippen LogP contribution in [0.2, 0.25) is 0 Å². The number of halogens is 2. The van der Waals surface area contributed by atoms with Crippen molar-refractivity contribution < 1.29 is 14.6 Å². The van der Waals surface area contributed by atoms with Gasteiger partial charge in [0.15, 0.2) is 4.39 Å². The van der Waals surface area contributed by atoms with Crippen LogP contribution >= 0.6 is 35.0 Å². The number of carboxylic acid groups (broad SMARTS) is 1. The van der Waals surface area contributed by atoms with Gasteiger partial charge in [-0.15, -0.1) is 0 Å². The zero-order valence-corrected chi connectivity index (χ0v) is 8.25. The van der Waals surface area contributed by atoms with E-state index in [0.29, 0.717) is 11.5 Å². The van der Waals surface area contributed by atoms with Crippen molar-refractivity contribution in [2.75, 3.05) is 6.61 Å². The van der Waals surface area contributed by atoms with Gasteiger partial charge in [-0.2, -0.15) is 0 Å². The second-order valence-electron chi connectivity index (χ2n) is 2.20. The summed E-state index contributed by atoms with van der Waals surface area (Å²) < 4.78 is 3.90. The van der Waals surface area contributed by atoms with Crippen LogP contribution in [0.5, 0.6) is 0 Å². The van der Waals surface area contributed by atoms with Gasteiger partial charge in [0.25, 0.3) is 0 Å². The van der Waals surface area contributed by atoms with Gasteiger partial charge in [-0.25, -0.2) is 4.79 Å². The zero-order valence-electron chi connectivity index (χ0n) is 5.92. The van der Waals surface area contributed by atoms with Crippen LogP contribution in [0.15, 0.2) is 10.4 Å². The van der Waals surface area contributed by atoms with Gasteiger partial charge in [0, 0.05) is 11.5 Å². The minimum absolute atomic E-state index is 0.341. The molecule has 0 fully saturated rings. The van der Waals surface area contributed by atoms with Crippen molar-refractivity contribution in [3.05, 3.63) is 10.4 Å². The lowest BCUT2D eigenvalue weighted by molar-refractivity contribution is -0.143.